The van der Waals surface area contributed by atoms with Gasteiger partial charge < -0.3 is 14.5 Å². The van der Waals surface area contributed by atoms with Crippen molar-refractivity contribution in [2.75, 3.05) is 5.32 Å². The largest absolute Gasteiger partial charge is 0.454 e. The third-order valence-electron chi connectivity index (χ3n) is 2.92. The Morgan fingerprint density at radius 1 is 1.30 bits per heavy atom. The predicted molar refractivity (Wildman–Crippen MR) is 80.0 cm³/mol. The lowest BCUT2D eigenvalue weighted by molar-refractivity contribution is -0.384. The maximum atomic E-state index is 12.0. The third-order valence-corrected chi connectivity index (χ3v) is 2.92. The van der Waals surface area contributed by atoms with E-state index in [1.165, 1.54) is 37.3 Å². The summed E-state index contributed by atoms with van der Waals surface area (Å²) in [5.74, 6) is -0.829. The van der Waals surface area contributed by atoms with Gasteiger partial charge in [-0.1, -0.05) is 6.07 Å². The summed E-state index contributed by atoms with van der Waals surface area (Å²) in [6.45, 7) is 3.07. The first kappa shape index (κ1) is 16.2. The van der Waals surface area contributed by atoms with Crippen LogP contribution in [0, 0.1) is 17.0 Å². The number of ether oxygens (including phenoxy) is 1. The molecule has 0 saturated heterocycles. The molecule has 2 aromatic rings. The lowest BCUT2D eigenvalue weighted by Gasteiger charge is -2.12. The molecule has 1 atom stereocenters. The van der Waals surface area contributed by atoms with E-state index in [2.05, 4.69) is 5.32 Å². The van der Waals surface area contributed by atoms with Crippen LogP contribution in [0.5, 0.6) is 0 Å². The number of carbonyl (C=O) groups excluding carboxylic acids is 2. The number of carbonyl (C=O) groups is 2. The minimum atomic E-state index is -1.09. The van der Waals surface area contributed by atoms with Crippen molar-refractivity contribution in [1.82, 2.24) is 0 Å². The van der Waals surface area contributed by atoms with E-state index in [1.807, 2.05) is 0 Å². The second-order valence-corrected chi connectivity index (χ2v) is 4.75. The zero-order chi connectivity index (χ0) is 17.0. The second-order valence-electron chi connectivity index (χ2n) is 4.75. The van der Waals surface area contributed by atoms with Crippen LogP contribution in [0.3, 0.4) is 0 Å². The molecule has 0 unspecified atom stereocenters. The highest BCUT2D eigenvalue weighted by atomic mass is 16.6. The van der Waals surface area contributed by atoms with Crippen molar-refractivity contribution in [2.45, 2.75) is 20.0 Å². The minimum absolute atomic E-state index is 0.00232. The van der Waals surface area contributed by atoms with Gasteiger partial charge in [0.2, 0.25) is 5.76 Å². The number of anilines is 1. The molecule has 1 aromatic carbocycles. The number of nitrogens with one attached hydrogen (secondary N) is 1. The fourth-order valence-electron chi connectivity index (χ4n) is 1.76. The number of esters is 1. The Bertz CT molecular complexity index is 752. The molecule has 2 rings (SSSR count). The zero-order valence-electron chi connectivity index (χ0n) is 12.4. The number of furan rings is 1. The lowest BCUT2D eigenvalue weighted by atomic mass is 10.2. The van der Waals surface area contributed by atoms with Crippen LogP contribution < -0.4 is 5.32 Å². The summed E-state index contributed by atoms with van der Waals surface area (Å²) in [5, 5.41) is 13.1. The number of nitrogens with zero attached hydrogens (tertiary/aromatic N) is 1. The molecule has 0 saturated carbocycles. The monoisotopic (exact) mass is 318 g/mol. The SMILES string of the molecule is Cc1ccc(C(=O)O[C@@H](C)C(=O)Nc2cccc([N+](=O)[O-])c2)o1. The van der Waals surface area contributed by atoms with Gasteiger partial charge in [-0.2, -0.15) is 0 Å². The molecule has 0 aliphatic rings. The van der Waals surface area contributed by atoms with Crippen LogP contribution in [-0.2, 0) is 9.53 Å². The van der Waals surface area contributed by atoms with Crippen molar-refractivity contribution in [3.05, 3.63) is 58.0 Å². The number of nitro benzene ring substituents is 1. The first-order valence-electron chi connectivity index (χ1n) is 6.69. The maximum Gasteiger partial charge on any atom is 0.375 e. The Balaban J connectivity index is 1.98. The summed E-state index contributed by atoms with van der Waals surface area (Å²) < 4.78 is 10.1. The molecule has 0 spiro atoms. The summed E-state index contributed by atoms with van der Waals surface area (Å²) >= 11 is 0. The molecule has 1 N–H and O–H groups in total. The average molecular weight is 318 g/mol. The molecule has 1 heterocycles. The normalized spacial score (nSPS) is 11.6. The lowest BCUT2D eigenvalue weighted by Crippen LogP contribution is -2.29. The van der Waals surface area contributed by atoms with E-state index in [4.69, 9.17) is 9.15 Å². The van der Waals surface area contributed by atoms with Gasteiger partial charge in [0.05, 0.1) is 4.92 Å². The molecular weight excluding hydrogens is 304 g/mol. The summed E-state index contributed by atoms with van der Waals surface area (Å²) in [4.78, 5) is 33.9. The Morgan fingerprint density at radius 2 is 2.04 bits per heavy atom. The van der Waals surface area contributed by atoms with Crippen molar-refractivity contribution in [2.24, 2.45) is 0 Å². The first-order valence-corrected chi connectivity index (χ1v) is 6.69. The van der Waals surface area contributed by atoms with E-state index in [0.717, 1.165) is 0 Å². The van der Waals surface area contributed by atoms with Gasteiger partial charge in [-0.3, -0.25) is 14.9 Å². The highest BCUT2D eigenvalue weighted by molar-refractivity contribution is 5.96. The van der Waals surface area contributed by atoms with Crippen LogP contribution >= 0.6 is 0 Å². The summed E-state index contributed by atoms with van der Waals surface area (Å²) in [5.41, 5.74) is 0.0828. The molecule has 8 nitrogen and oxygen atoms in total. The van der Waals surface area contributed by atoms with Gasteiger partial charge >= 0.3 is 5.97 Å². The van der Waals surface area contributed by atoms with Gasteiger partial charge in [0.25, 0.3) is 11.6 Å². The molecule has 0 bridgehead atoms. The predicted octanol–water partition coefficient (Wildman–Crippen LogP) is 2.68. The van der Waals surface area contributed by atoms with Crippen molar-refractivity contribution in [1.29, 1.82) is 0 Å². The Hall–Kier alpha value is -3.16. The van der Waals surface area contributed by atoms with Crippen LogP contribution in [-0.4, -0.2) is 22.9 Å². The number of hydrogen-bond acceptors (Lipinski definition) is 6. The van der Waals surface area contributed by atoms with Crippen molar-refractivity contribution in [3.63, 3.8) is 0 Å². The van der Waals surface area contributed by atoms with E-state index in [1.54, 1.807) is 13.0 Å². The van der Waals surface area contributed by atoms with Crippen molar-refractivity contribution >= 4 is 23.3 Å². The molecular formula is C15H14N2O6. The van der Waals surface area contributed by atoms with Crippen LogP contribution in [0.15, 0.2) is 40.8 Å². The Kier molecular flexibility index (Phi) is 4.75. The van der Waals surface area contributed by atoms with E-state index in [-0.39, 0.29) is 17.1 Å². The molecule has 1 amide bonds. The second kappa shape index (κ2) is 6.73. The number of aryl methyl sites for hydroxylation is 1. The molecule has 0 aliphatic carbocycles. The zero-order valence-corrected chi connectivity index (χ0v) is 12.4. The number of benzene rings is 1. The average Bonchev–Trinajstić information content (AvgIpc) is 2.94. The number of non-ortho nitro benzene ring substituents is 1. The molecule has 1 aromatic heterocycles. The number of hydrogen-bond donors (Lipinski definition) is 1. The van der Waals surface area contributed by atoms with Crippen molar-refractivity contribution < 1.29 is 23.7 Å². The van der Waals surface area contributed by atoms with E-state index >= 15 is 0 Å². The standard InChI is InChI=1S/C15H14N2O6/c1-9-6-7-13(22-9)15(19)23-10(2)14(18)16-11-4-3-5-12(8-11)17(20)21/h3-8,10H,1-2H3,(H,16,18)/t10-/m0/s1. The van der Waals surface area contributed by atoms with Gasteiger partial charge in [-0.15, -0.1) is 0 Å². The van der Waals surface area contributed by atoms with Crippen LogP contribution in [0.4, 0.5) is 11.4 Å². The smallest absolute Gasteiger partial charge is 0.375 e. The minimum Gasteiger partial charge on any atom is -0.454 e. The summed E-state index contributed by atoms with van der Waals surface area (Å²) in [6, 6.07) is 8.50. The van der Waals surface area contributed by atoms with Gasteiger partial charge in [-0.05, 0) is 32.0 Å². The first-order chi connectivity index (χ1) is 10.9. The number of rotatable bonds is 5. The third kappa shape index (κ3) is 4.16. The quantitative estimate of drug-likeness (QED) is 0.515. The highest BCUT2D eigenvalue weighted by Crippen LogP contribution is 2.17. The summed E-state index contributed by atoms with van der Waals surface area (Å²) in [7, 11) is 0. The van der Waals surface area contributed by atoms with Crippen molar-refractivity contribution in [3.8, 4) is 0 Å². The highest BCUT2D eigenvalue weighted by Gasteiger charge is 2.21. The number of amides is 1. The fourth-order valence-corrected chi connectivity index (χ4v) is 1.76. The Morgan fingerprint density at radius 3 is 2.65 bits per heavy atom. The molecule has 0 fully saturated rings. The molecule has 8 heteroatoms. The van der Waals surface area contributed by atoms with Gasteiger partial charge in [0, 0.05) is 17.8 Å². The maximum absolute atomic E-state index is 12.0. The van der Waals surface area contributed by atoms with Gasteiger partial charge in [0.15, 0.2) is 6.10 Å². The molecule has 23 heavy (non-hydrogen) atoms. The topological polar surface area (TPSA) is 112 Å². The molecule has 0 radical (unpaired) electrons. The van der Waals surface area contributed by atoms with Crippen LogP contribution in [0.2, 0.25) is 0 Å². The van der Waals surface area contributed by atoms with Crippen LogP contribution in [0.25, 0.3) is 0 Å². The van der Waals surface area contributed by atoms with Gasteiger partial charge in [-0.25, -0.2) is 4.79 Å². The van der Waals surface area contributed by atoms with Gasteiger partial charge in [0.1, 0.15) is 5.76 Å². The molecule has 120 valence electrons. The molecule has 0 aliphatic heterocycles. The summed E-state index contributed by atoms with van der Waals surface area (Å²) in [6.07, 6.45) is -1.09. The van der Waals surface area contributed by atoms with Crippen LogP contribution in [0.1, 0.15) is 23.2 Å². The Labute approximate surface area is 131 Å². The van der Waals surface area contributed by atoms with E-state index < -0.39 is 22.9 Å². The van der Waals surface area contributed by atoms with E-state index in [0.29, 0.717) is 5.76 Å². The van der Waals surface area contributed by atoms with E-state index in [9.17, 15) is 19.7 Å². The fraction of sp³-hybridized carbons (Fsp3) is 0.200. The number of nitro groups is 1.